The summed E-state index contributed by atoms with van der Waals surface area (Å²) in [5.41, 5.74) is -0.350. The Morgan fingerprint density at radius 1 is 1.32 bits per heavy atom. The molecule has 0 saturated heterocycles. The first kappa shape index (κ1) is 15.7. The maximum atomic E-state index is 11.9. The second kappa shape index (κ2) is 6.70. The van der Waals surface area contributed by atoms with E-state index >= 15 is 0 Å². The maximum absolute atomic E-state index is 11.9. The van der Waals surface area contributed by atoms with Crippen LogP contribution in [-0.4, -0.2) is 27.7 Å². The van der Waals surface area contributed by atoms with E-state index in [4.69, 9.17) is 4.74 Å². The average Bonchev–Trinajstić information content (AvgIpc) is 2.83. The summed E-state index contributed by atoms with van der Waals surface area (Å²) in [7, 11) is 0. The lowest BCUT2D eigenvalue weighted by Gasteiger charge is -2.24. The van der Waals surface area contributed by atoms with Gasteiger partial charge in [0.1, 0.15) is 11.4 Å². The van der Waals surface area contributed by atoms with Gasteiger partial charge in [-0.25, -0.2) is 9.78 Å². The molecule has 1 rings (SSSR count). The lowest BCUT2D eigenvalue weighted by atomic mass is 9.92. The largest absolute Gasteiger partial charge is 0.461 e. The molecule has 5 heteroatoms. The molecule has 0 atom stereocenters. The highest BCUT2D eigenvalue weighted by atomic mass is 16.5. The van der Waals surface area contributed by atoms with Crippen LogP contribution in [0.3, 0.4) is 0 Å². The number of esters is 1. The van der Waals surface area contributed by atoms with E-state index in [-0.39, 0.29) is 5.69 Å². The molecule has 19 heavy (non-hydrogen) atoms. The molecular weight excluding hydrogens is 244 g/mol. The van der Waals surface area contributed by atoms with Crippen molar-refractivity contribution in [3.63, 3.8) is 0 Å². The Morgan fingerprint density at radius 3 is 2.42 bits per heavy atom. The molecule has 1 aromatic heterocycles. The predicted molar refractivity (Wildman–Crippen MR) is 73.0 cm³/mol. The van der Waals surface area contributed by atoms with E-state index in [0.717, 1.165) is 18.7 Å². The zero-order valence-corrected chi connectivity index (χ0v) is 12.2. The zero-order valence-electron chi connectivity index (χ0n) is 12.2. The number of ether oxygens (including phenoxy) is 1. The second-order valence-electron chi connectivity index (χ2n) is 4.62. The van der Waals surface area contributed by atoms with Gasteiger partial charge in [-0.3, -0.25) is 0 Å². The van der Waals surface area contributed by atoms with Gasteiger partial charge in [-0.05, 0) is 26.2 Å². The lowest BCUT2D eigenvalue weighted by Crippen LogP contribution is -2.27. The van der Waals surface area contributed by atoms with Crippen LogP contribution in [-0.2, 0) is 16.8 Å². The molecule has 0 unspecified atom stereocenters. The van der Waals surface area contributed by atoms with Crippen LogP contribution < -0.4 is 0 Å². The second-order valence-corrected chi connectivity index (χ2v) is 4.62. The maximum Gasteiger partial charge on any atom is 0.358 e. The Balaban J connectivity index is 3.23. The van der Waals surface area contributed by atoms with Crippen molar-refractivity contribution >= 4 is 5.97 Å². The number of hydrogen-bond donors (Lipinski definition) is 2. The molecule has 0 bridgehead atoms. The molecule has 0 aliphatic rings. The molecule has 0 radical (unpaired) electrons. The highest BCUT2D eigenvalue weighted by Crippen LogP contribution is 2.30. The summed E-state index contributed by atoms with van der Waals surface area (Å²) >= 11 is 0. The van der Waals surface area contributed by atoms with Crippen LogP contribution in [0.1, 0.15) is 69.0 Å². The number of aromatic nitrogens is 2. The van der Waals surface area contributed by atoms with Gasteiger partial charge in [-0.15, -0.1) is 0 Å². The zero-order chi connectivity index (χ0) is 14.5. The molecule has 2 N–H and O–H groups in total. The van der Waals surface area contributed by atoms with E-state index in [1.165, 1.54) is 0 Å². The number of rotatable bonds is 7. The first-order chi connectivity index (χ1) is 9.02. The van der Waals surface area contributed by atoms with Crippen molar-refractivity contribution in [3.05, 3.63) is 17.2 Å². The summed E-state index contributed by atoms with van der Waals surface area (Å²) in [5.74, 6) is 0.248. The molecule has 0 aliphatic heterocycles. The van der Waals surface area contributed by atoms with E-state index in [2.05, 4.69) is 9.97 Å². The number of aryl methyl sites for hydroxylation is 1. The summed E-state index contributed by atoms with van der Waals surface area (Å²) < 4.78 is 5.01. The molecule has 0 amide bonds. The third-order valence-electron chi connectivity index (χ3n) is 3.34. The lowest BCUT2D eigenvalue weighted by molar-refractivity contribution is 0.0207. The summed E-state index contributed by atoms with van der Waals surface area (Å²) in [5, 5.41) is 10.6. The minimum absolute atomic E-state index is 0.219. The molecule has 0 saturated carbocycles. The topological polar surface area (TPSA) is 75.2 Å². The molecule has 0 aromatic carbocycles. The quantitative estimate of drug-likeness (QED) is 0.745. The number of imidazole rings is 1. The third kappa shape index (κ3) is 3.35. The van der Waals surface area contributed by atoms with Crippen LogP contribution in [0.2, 0.25) is 0 Å². The summed E-state index contributed by atoms with van der Waals surface area (Å²) in [6, 6.07) is 0. The first-order valence-corrected chi connectivity index (χ1v) is 7.01. The van der Waals surface area contributed by atoms with Crippen LogP contribution >= 0.6 is 0 Å². The number of nitrogens with zero attached hydrogens (tertiary/aromatic N) is 1. The molecular formula is C14H24N2O3. The summed E-state index contributed by atoms with van der Waals surface area (Å²) in [4.78, 5) is 19.3. The molecule has 5 nitrogen and oxygen atoms in total. The van der Waals surface area contributed by atoms with Gasteiger partial charge >= 0.3 is 5.97 Å². The molecule has 1 aromatic rings. The number of nitrogens with one attached hydrogen (secondary N) is 1. The molecule has 108 valence electrons. The molecule has 0 spiro atoms. The summed E-state index contributed by atoms with van der Waals surface area (Å²) in [6.45, 7) is 7.86. The van der Waals surface area contributed by atoms with Gasteiger partial charge in [-0.1, -0.05) is 20.8 Å². The number of carbonyl (C=O) groups excluding carboxylic acids is 1. The Bertz CT molecular complexity index is 422. The van der Waals surface area contributed by atoms with Crippen LogP contribution in [0, 0.1) is 0 Å². The van der Waals surface area contributed by atoms with Crippen molar-refractivity contribution in [2.75, 3.05) is 6.61 Å². The van der Waals surface area contributed by atoms with Crippen LogP contribution in [0.25, 0.3) is 0 Å². The number of aliphatic hydroxyl groups is 1. The average molecular weight is 268 g/mol. The minimum Gasteiger partial charge on any atom is -0.461 e. The molecule has 1 heterocycles. The van der Waals surface area contributed by atoms with Gasteiger partial charge in [0.2, 0.25) is 0 Å². The van der Waals surface area contributed by atoms with Crippen molar-refractivity contribution in [3.8, 4) is 0 Å². The van der Waals surface area contributed by atoms with Gasteiger partial charge in [0, 0.05) is 6.42 Å². The SMILES string of the molecule is CCCc1nc(C(=O)OCC)c(C(O)(CC)CC)[nH]1. The van der Waals surface area contributed by atoms with Crippen molar-refractivity contribution in [2.45, 2.75) is 59.0 Å². The molecule has 0 fully saturated rings. The van der Waals surface area contributed by atoms with Gasteiger partial charge in [-0.2, -0.15) is 0 Å². The standard InChI is InChI=1S/C14H24N2O3/c1-5-9-10-15-11(13(17)19-8-4)12(16-10)14(18,6-2)7-3/h18H,5-9H2,1-4H3,(H,15,16). The predicted octanol–water partition coefficient (Wildman–Crippen LogP) is 2.55. The van der Waals surface area contributed by atoms with Crippen LogP contribution in [0.4, 0.5) is 0 Å². The Labute approximate surface area is 114 Å². The van der Waals surface area contributed by atoms with Gasteiger partial charge in [0.25, 0.3) is 0 Å². The Morgan fingerprint density at radius 2 is 1.95 bits per heavy atom. The first-order valence-electron chi connectivity index (χ1n) is 7.01. The fourth-order valence-electron chi connectivity index (χ4n) is 2.06. The number of H-pyrrole nitrogens is 1. The van der Waals surface area contributed by atoms with Gasteiger partial charge < -0.3 is 14.8 Å². The van der Waals surface area contributed by atoms with Gasteiger partial charge in [0.05, 0.1) is 12.3 Å². The minimum atomic E-state index is -1.05. The van der Waals surface area contributed by atoms with Crippen LogP contribution in [0.15, 0.2) is 0 Å². The number of carbonyl (C=O) groups is 1. The van der Waals surface area contributed by atoms with Crippen LogP contribution in [0.5, 0.6) is 0 Å². The third-order valence-corrected chi connectivity index (χ3v) is 3.34. The molecule has 0 aliphatic carbocycles. The van der Waals surface area contributed by atoms with E-state index in [9.17, 15) is 9.90 Å². The van der Waals surface area contributed by atoms with E-state index in [1.54, 1.807) is 6.92 Å². The van der Waals surface area contributed by atoms with E-state index in [1.807, 2.05) is 20.8 Å². The van der Waals surface area contributed by atoms with Crippen molar-refractivity contribution < 1.29 is 14.6 Å². The number of aromatic amines is 1. The highest BCUT2D eigenvalue weighted by molar-refractivity contribution is 5.89. The normalized spacial score (nSPS) is 11.6. The van der Waals surface area contributed by atoms with Gasteiger partial charge in [0.15, 0.2) is 5.69 Å². The Kier molecular flexibility index (Phi) is 5.54. The fourth-order valence-corrected chi connectivity index (χ4v) is 2.06. The summed E-state index contributed by atoms with van der Waals surface area (Å²) in [6.07, 6.45) is 2.70. The van der Waals surface area contributed by atoms with E-state index in [0.29, 0.717) is 25.1 Å². The smallest absolute Gasteiger partial charge is 0.358 e. The number of hydrogen-bond acceptors (Lipinski definition) is 4. The highest BCUT2D eigenvalue weighted by Gasteiger charge is 2.33. The van der Waals surface area contributed by atoms with Crippen molar-refractivity contribution in [2.24, 2.45) is 0 Å². The van der Waals surface area contributed by atoms with E-state index < -0.39 is 11.6 Å². The fraction of sp³-hybridized carbons (Fsp3) is 0.714. The van der Waals surface area contributed by atoms with Crippen molar-refractivity contribution in [1.29, 1.82) is 0 Å². The van der Waals surface area contributed by atoms with Crippen molar-refractivity contribution in [1.82, 2.24) is 9.97 Å². The monoisotopic (exact) mass is 268 g/mol. The Hall–Kier alpha value is -1.36.